The minimum atomic E-state index is -5.78. The quantitative estimate of drug-likeness (QED) is 0.105. The molecule has 2 aliphatic rings. The van der Waals surface area contributed by atoms with Crippen LogP contribution in [0.5, 0.6) is 0 Å². The average molecular weight is 632 g/mol. The number of aliphatic hydroxyl groups is 4. The van der Waals surface area contributed by atoms with Crippen molar-refractivity contribution >= 4 is 32.8 Å². The van der Waals surface area contributed by atoms with E-state index in [0.717, 1.165) is 10.9 Å². The summed E-state index contributed by atoms with van der Waals surface area (Å²) in [5, 5.41) is 40.5. The number of anilines is 1. The molecule has 9 N–H and O–H groups in total. The van der Waals surface area contributed by atoms with Crippen molar-refractivity contribution in [2.75, 3.05) is 12.3 Å². The van der Waals surface area contributed by atoms with Crippen molar-refractivity contribution in [3.63, 3.8) is 0 Å². The minimum absolute atomic E-state index is 0. The van der Waals surface area contributed by atoms with Crippen LogP contribution < -0.4 is 85.9 Å². The molecule has 0 aliphatic carbocycles. The molecule has 2 aliphatic heterocycles. The van der Waals surface area contributed by atoms with Crippen molar-refractivity contribution < 1.29 is 121 Å². The van der Waals surface area contributed by atoms with Gasteiger partial charge in [0.1, 0.15) is 30.5 Å². The van der Waals surface area contributed by atoms with Gasteiger partial charge in [-0.15, -0.1) is 0 Å². The van der Waals surface area contributed by atoms with Crippen molar-refractivity contribution in [1.29, 1.82) is 0 Å². The van der Waals surface area contributed by atoms with Crippen molar-refractivity contribution in [1.82, 2.24) is 19.5 Å². The SMILES string of the molecule is CC1OC(OP(=O)([O-])OP(=O)([O-])OCC2OC(n3cnc4c(=O)[nH]c(N)nc43)C(O)C2O)C(O)C(O)C1N.[Na+].[Na+]. The third-order valence-corrected chi connectivity index (χ3v) is 8.34. The van der Waals surface area contributed by atoms with E-state index in [0.29, 0.717) is 0 Å². The summed E-state index contributed by atoms with van der Waals surface area (Å²) in [5.41, 5.74) is 10.1. The number of aromatic nitrogens is 4. The first-order valence-electron chi connectivity index (χ1n) is 10.8. The van der Waals surface area contributed by atoms with Crippen LogP contribution in [0.1, 0.15) is 13.2 Å². The summed E-state index contributed by atoms with van der Waals surface area (Å²) in [6.07, 6.45) is -12.0. The number of aliphatic hydroxyl groups excluding tert-OH is 4. The molecule has 0 aromatic carbocycles. The van der Waals surface area contributed by atoms with E-state index in [2.05, 4.69) is 28.3 Å². The van der Waals surface area contributed by atoms with Gasteiger partial charge in [-0.25, -0.2) is 9.29 Å². The number of rotatable bonds is 8. The second-order valence-corrected chi connectivity index (χ2v) is 11.4. The molecule has 0 amide bonds. The van der Waals surface area contributed by atoms with Gasteiger partial charge in [0.25, 0.3) is 21.2 Å². The van der Waals surface area contributed by atoms with Gasteiger partial charge in [0, 0.05) is 0 Å². The molecule has 11 unspecified atom stereocenters. The first-order valence-corrected chi connectivity index (χ1v) is 13.7. The Kier molecular flexibility index (Phi) is 12.6. The monoisotopic (exact) mass is 632 g/mol. The molecule has 2 aromatic rings. The van der Waals surface area contributed by atoms with E-state index in [-0.39, 0.29) is 76.2 Å². The van der Waals surface area contributed by atoms with Crippen LogP contribution in [0.2, 0.25) is 0 Å². The predicted molar refractivity (Wildman–Crippen MR) is 116 cm³/mol. The number of hydrogen-bond donors (Lipinski definition) is 7. The molecular weight excluding hydrogens is 608 g/mol. The maximum atomic E-state index is 12.1. The molecule has 0 radical (unpaired) electrons. The fraction of sp³-hybridized carbons (Fsp3) is 0.688. The maximum absolute atomic E-state index is 12.1. The van der Waals surface area contributed by atoms with Crippen molar-refractivity contribution in [2.24, 2.45) is 5.73 Å². The molecule has 0 spiro atoms. The van der Waals surface area contributed by atoms with E-state index < -0.39 is 83.0 Å². The van der Waals surface area contributed by atoms with E-state index in [1.165, 1.54) is 6.92 Å². The Balaban J connectivity index is 0.00000280. The van der Waals surface area contributed by atoms with Crippen LogP contribution in [0.15, 0.2) is 11.1 Å². The van der Waals surface area contributed by atoms with Gasteiger partial charge in [0.05, 0.1) is 25.1 Å². The van der Waals surface area contributed by atoms with Crippen molar-refractivity contribution in [3.8, 4) is 0 Å². The molecule has 20 nitrogen and oxygen atoms in total. The van der Waals surface area contributed by atoms with Crippen LogP contribution in [-0.2, 0) is 32.0 Å². The Hall–Kier alpha value is 0.130. The van der Waals surface area contributed by atoms with Crippen LogP contribution in [-0.4, -0.2) is 95.5 Å². The third kappa shape index (κ3) is 7.79. The molecule has 11 atom stereocenters. The van der Waals surface area contributed by atoms with Gasteiger partial charge in [0.2, 0.25) is 5.95 Å². The number of hydrogen-bond acceptors (Lipinski definition) is 18. The summed E-state index contributed by atoms with van der Waals surface area (Å²) < 4.78 is 48.6. The maximum Gasteiger partial charge on any atom is 1.00 e. The number of phosphoric ester groups is 2. The number of phosphoric acid groups is 2. The number of fused-ring (bicyclic) bond motifs is 1. The molecule has 4 rings (SSSR count). The van der Waals surface area contributed by atoms with E-state index in [1.807, 2.05) is 0 Å². The van der Waals surface area contributed by atoms with Crippen molar-refractivity contribution in [2.45, 2.75) is 62.1 Å². The normalized spacial score (nSPS) is 35.4. The average Bonchev–Trinajstić information content (AvgIpc) is 3.35. The number of nitrogen functional groups attached to an aromatic ring is 1. The summed E-state index contributed by atoms with van der Waals surface area (Å²) in [6.45, 7) is 0.310. The number of imidazole rings is 1. The first kappa shape index (κ1) is 36.3. The van der Waals surface area contributed by atoms with E-state index in [9.17, 15) is 44.1 Å². The Morgan fingerprint density at radius 2 is 1.75 bits per heavy atom. The molecule has 4 heterocycles. The second-order valence-electron chi connectivity index (χ2n) is 8.47. The Morgan fingerprint density at radius 3 is 2.40 bits per heavy atom. The molecule has 0 saturated carbocycles. The van der Waals surface area contributed by atoms with E-state index in [4.69, 9.17) is 20.9 Å². The molecule has 2 aromatic heterocycles. The summed E-state index contributed by atoms with van der Waals surface area (Å²) in [4.78, 5) is 46.1. The summed E-state index contributed by atoms with van der Waals surface area (Å²) in [5.74, 6) is -0.274. The van der Waals surface area contributed by atoms with Crippen LogP contribution >= 0.6 is 15.6 Å². The van der Waals surface area contributed by atoms with Crippen LogP contribution in [0.25, 0.3) is 11.2 Å². The number of nitrogens with two attached hydrogens (primary N) is 2. The molecule has 2 saturated heterocycles. The number of nitrogens with one attached hydrogen (secondary N) is 1. The standard InChI is InChI=1S/C16H26N6O14P2.2Na/c1-4-6(17)9(24)11(26)15(33-4)35-38(30,31)36-37(28,29)32-2-5-8(23)10(25)14(34-5)22-3-19-7-12(22)20-16(18)21-13(7)27;;/h3-6,8-11,14-15,23-26H,2,17H2,1H3,(H,28,29)(H,30,31)(H3,18,20,21,27);;/q;2*+1/p-2. The molecule has 0 bridgehead atoms. The van der Waals surface area contributed by atoms with Gasteiger partial charge in [-0.1, -0.05) is 0 Å². The topological polar surface area (TPSA) is 323 Å². The summed E-state index contributed by atoms with van der Waals surface area (Å²) >= 11 is 0. The largest absolute Gasteiger partial charge is 1.00 e. The second kappa shape index (κ2) is 13.8. The molecular formula is C16H24N6Na2O14P2. The van der Waals surface area contributed by atoms with Gasteiger partial charge in [-0.3, -0.25) is 28.0 Å². The number of H-pyrrole nitrogens is 1. The Bertz CT molecular complexity index is 1330. The van der Waals surface area contributed by atoms with Gasteiger partial charge < -0.3 is 55.7 Å². The zero-order valence-electron chi connectivity index (χ0n) is 21.2. The fourth-order valence-electron chi connectivity index (χ4n) is 3.82. The van der Waals surface area contributed by atoms with Crippen molar-refractivity contribution in [3.05, 3.63) is 16.7 Å². The van der Waals surface area contributed by atoms with Gasteiger partial charge in [0.15, 0.2) is 23.7 Å². The summed E-state index contributed by atoms with van der Waals surface area (Å²) in [6, 6.07) is -1.09. The molecule has 40 heavy (non-hydrogen) atoms. The van der Waals surface area contributed by atoms with E-state index in [1.54, 1.807) is 0 Å². The van der Waals surface area contributed by atoms with E-state index >= 15 is 0 Å². The molecule has 2 fully saturated rings. The van der Waals surface area contributed by atoms with Crippen LogP contribution in [0.3, 0.4) is 0 Å². The van der Waals surface area contributed by atoms with Gasteiger partial charge in [-0.2, -0.15) is 4.98 Å². The number of ether oxygens (including phenoxy) is 2. The molecule has 214 valence electrons. The van der Waals surface area contributed by atoms with Gasteiger partial charge >= 0.3 is 59.1 Å². The van der Waals surface area contributed by atoms with Crippen LogP contribution in [0, 0.1) is 0 Å². The van der Waals surface area contributed by atoms with Crippen LogP contribution in [0.4, 0.5) is 5.95 Å². The fourth-order valence-corrected chi connectivity index (χ4v) is 5.90. The minimum Gasteiger partial charge on any atom is -0.756 e. The smallest absolute Gasteiger partial charge is 0.756 e. The molecule has 24 heteroatoms. The predicted octanol–water partition coefficient (Wildman–Crippen LogP) is -10.9. The number of nitrogens with zero attached hydrogens (tertiary/aromatic N) is 3. The summed E-state index contributed by atoms with van der Waals surface area (Å²) in [7, 11) is -11.5. The first-order chi connectivity index (χ1) is 17.6. The zero-order chi connectivity index (χ0) is 28.2. The van der Waals surface area contributed by atoms with Gasteiger partial charge in [-0.05, 0) is 6.92 Å². The Labute approximate surface area is 268 Å². The zero-order valence-corrected chi connectivity index (χ0v) is 27.0. The Morgan fingerprint density at radius 1 is 1.10 bits per heavy atom. The number of aromatic amines is 1. The third-order valence-electron chi connectivity index (χ3n) is 5.81.